The number of aliphatic hydroxyl groups excluding tert-OH is 5. The summed E-state index contributed by atoms with van der Waals surface area (Å²) in [6.07, 6.45) is 36.4. The van der Waals surface area contributed by atoms with Crippen LogP contribution in [0.15, 0.2) is 85.1 Å². The molecule has 0 bridgehead atoms. The molecule has 10 atom stereocenters. The van der Waals surface area contributed by atoms with E-state index in [1.165, 1.54) is 38.5 Å². The molecule has 5 unspecified atom stereocenters. The van der Waals surface area contributed by atoms with E-state index >= 15 is 0 Å². The molecule has 1 saturated carbocycles. The smallest absolute Gasteiger partial charge is 0.462 e. The molecule has 0 aromatic heterocycles. The van der Waals surface area contributed by atoms with Crippen molar-refractivity contribution in [2.24, 2.45) is 0 Å². The van der Waals surface area contributed by atoms with Crippen molar-refractivity contribution in [3.63, 3.8) is 0 Å². The summed E-state index contributed by atoms with van der Waals surface area (Å²) in [6.45, 7) is 3.15. The van der Waals surface area contributed by atoms with Gasteiger partial charge >= 0.3 is 19.8 Å². The Labute approximate surface area is 394 Å². The zero-order valence-corrected chi connectivity index (χ0v) is 40.5. The van der Waals surface area contributed by atoms with Gasteiger partial charge in [0.2, 0.25) is 0 Å². The number of rotatable bonds is 38. The van der Waals surface area contributed by atoms with Crippen LogP contribution in [-0.2, 0) is 37.4 Å². The number of phosphoric acid groups is 1. The van der Waals surface area contributed by atoms with Crippen LogP contribution >= 0.6 is 7.82 Å². The molecular weight excluding hydrogens is 868 g/mol. The number of carbonyl (C=O) groups is 2. The highest BCUT2D eigenvalue weighted by Gasteiger charge is 2.51. The van der Waals surface area contributed by atoms with Gasteiger partial charge in [-0.15, -0.1) is 0 Å². The first kappa shape index (κ1) is 59.1. The molecule has 14 nitrogen and oxygen atoms in total. The van der Waals surface area contributed by atoms with Crippen molar-refractivity contribution in [3.8, 4) is 0 Å². The third-order valence-corrected chi connectivity index (χ3v) is 12.1. The molecule has 2 fully saturated rings. The van der Waals surface area contributed by atoms with Gasteiger partial charge in [0.25, 0.3) is 0 Å². The number of hydrogen-bond donors (Lipinski definition) is 6. The summed E-state index contributed by atoms with van der Waals surface area (Å²) in [5, 5.41) is 50.3. The predicted octanol–water partition coefficient (Wildman–Crippen LogP) is 9.04. The highest BCUT2D eigenvalue weighted by molar-refractivity contribution is 7.47. The SMILES string of the molecule is CCCCC/C=C\C/C=C\C/C=C\C/C=C\CCCCCC(=O)OC[C@H](COP(=O)(O)OC1[C@H](O)[C@H](O)C(O)[C@H](O)[C@H]1O)OC(=O)CCCC1OC1C/C=C\C/C=C\C/C=C\CCCCC. The normalized spacial score (nSPS) is 25.1. The molecule has 0 aromatic carbocycles. The number of carbonyl (C=O) groups excluding carboxylic acids is 2. The van der Waals surface area contributed by atoms with Gasteiger partial charge in [0.05, 0.1) is 18.8 Å². The number of hydrogen-bond acceptors (Lipinski definition) is 13. The van der Waals surface area contributed by atoms with E-state index in [1.807, 2.05) is 0 Å². The molecule has 1 aliphatic heterocycles. The Bertz CT molecular complexity index is 1540. The summed E-state index contributed by atoms with van der Waals surface area (Å²) in [7, 11) is -5.16. The molecule has 15 heteroatoms. The molecule has 1 aliphatic carbocycles. The number of unbranched alkanes of at least 4 members (excludes halogenated alkanes) is 9. The van der Waals surface area contributed by atoms with Crippen molar-refractivity contribution in [2.45, 2.75) is 210 Å². The summed E-state index contributed by atoms with van der Waals surface area (Å²) in [5.41, 5.74) is 0. The van der Waals surface area contributed by atoms with Crippen LogP contribution in [0.2, 0.25) is 0 Å². The number of ether oxygens (including phenoxy) is 3. The van der Waals surface area contributed by atoms with Gasteiger partial charge in [0, 0.05) is 12.8 Å². The number of allylic oxidation sites excluding steroid dienone is 13. The molecule has 0 amide bonds. The van der Waals surface area contributed by atoms with E-state index in [9.17, 15) is 44.6 Å². The van der Waals surface area contributed by atoms with Gasteiger partial charge in [0.15, 0.2) is 6.10 Å². The van der Waals surface area contributed by atoms with E-state index in [0.717, 1.165) is 70.6 Å². The van der Waals surface area contributed by atoms with E-state index in [-0.39, 0.29) is 25.0 Å². The lowest BCUT2D eigenvalue weighted by Crippen LogP contribution is -2.64. The van der Waals surface area contributed by atoms with E-state index in [4.69, 9.17) is 23.3 Å². The third-order valence-electron chi connectivity index (χ3n) is 11.1. The molecule has 1 heterocycles. The van der Waals surface area contributed by atoms with Crippen LogP contribution in [0.25, 0.3) is 0 Å². The molecule has 0 aromatic rings. The van der Waals surface area contributed by atoms with Gasteiger partial charge in [-0.05, 0) is 96.3 Å². The van der Waals surface area contributed by atoms with Gasteiger partial charge in [-0.1, -0.05) is 131 Å². The second-order valence-electron chi connectivity index (χ2n) is 17.0. The lowest BCUT2D eigenvalue weighted by atomic mass is 9.85. The summed E-state index contributed by atoms with van der Waals surface area (Å²) >= 11 is 0. The topological polar surface area (TPSA) is 222 Å². The van der Waals surface area contributed by atoms with Crippen LogP contribution in [0.4, 0.5) is 0 Å². The second-order valence-corrected chi connectivity index (χ2v) is 18.4. The minimum Gasteiger partial charge on any atom is -0.462 e. The zero-order valence-electron chi connectivity index (χ0n) is 39.6. The van der Waals surface area contributed by atoms with Gasteiger partial charge in [0.1, 0.15) is 43.2 Å². The lowest BCUT2D eigenvalue weighted by Gasteiger charge is -2.41. The number of esters is 2. The number of aliphatic hydroxyl groups is 5. The maximum absolute atomic E-state index is 12.9. The van der Waals surface area contributed by atoms with Crippen LogP contribution in [-0.4, -0.2) is 111 Å². The van der Waals surface area contributed by atoms with Crippen molar-refractivity contribution in [1.29, 1.82) is 0 Å². The van der Waals surface area contributed by atoms with Crippen LogP contribution in [0.5, 0.6) is 0 Å². The fourth-order valence-corrected chi connectivity index (χ4v) is 8.03. The first-order valence-electron chi connectivity index (χ1n) is 24.5. The number of phosphoric ester groups is 1. The quantitative estimate of drug-likeness (QED) is 0.0112. The van der Waals surface area contributed by atoms with Crippen molar-refractivity contribution >= 4 is 19.8 Å². The van der Waals surface area contributed by atoms with Crippen molar-refractivity contribution in [1.82, 2.24) is 0 Å². The van der Waals surface area contributed by atoms with E-state index in [2.05, 4.69) is 98.9 Å². The van der Waals surface area contributed by atoms with Crippen molar-refractivity contribution in [2.75, 3.05) is 13.2 Å². The Morgan fingerprint density at radius 2 is 1.00 bits per heavy atom. The van der Waals surface area contributed by atoms with Crippen LogP contribution < -0.4 is 0 Å². The Balaban J connectivity index is 1.74. The standard InChI is InChI=1S/C51H83O14P/c1-3-5-7-9-11-13-15-17-18-19-20-21-22-23-25-27-29-31-33-37-44(52)61-39-41(40-62-66(59,60)65-51-49(57)47(55)46(54)48(56)50(51)58)63-45(53)38-34-36-43-42(64-43)35-32-30-28-26-24-16-14-12-10-8-6-4-2/h11-14,17-18,20-21,23-26,30,32,41-43,46-51,54-58H,3-10,15-16,19,22,27-29,31,33-40H2,1-2H3,(H,59,60)/b13-11-,14-12-,18-17-,21-20-,25-23-,26-24-,32-30-/t41-,42?,43?,46?,47-,48+,49-,50-,51?/m1/s1. The number of epoxide rings is 1. The fraction of sp³-hybridized carbons (Fsp3) is 0.686. The van der Waals surface area contributed by atoms with Crippen LogP contribution in [0.1, 0.15) is 155 Å². The summed E-state index contributed by atoms with van der Waals surface area (Å²) in [4.78, 5) is 35.9. The molecule has 0 radical (unpaired) electrons. The average Bonchev–Trinajstić information content (AvgIpc) is 4.06. The lowest BCUT2D eigenvalue weighted by molar-refractivity contribution is -0.220. The van der Waals surface area contributed by atoms with Gasteiger partial charge in [-0.3, -0.25) is 18.6 Å². The summed E-state index contributed by atoms with van der Waals surface area (Å²) in [6, 6.07) is 0. The Morgan fingerprint density at radius 1 is 0.545 bits per heavy atom. The highest BCUT2D eigenvalue weighted by Crippen LogP contribution is 2.47. The fourth-order valence-electron chi connectivity index (χ4n) is 7.06. The van der Waals surface area contributed by atoms with Gasteiger partial charge in [-0.2, -0.15) is 0 Å². The maximum Gasteiger partial charge on any atom is 0.472 e. The summed E-state index contributed by atoms with van der Waals surface area (Å²) < 4.78 is 39.3. The van der Waals surface area contributed by atoms with Crippen LogP contribution in [0, 0.1) is 0 Å². The Hall–Kier alpha value is -3.01. The first-order chi connectivity index (χ1) is 31.9. The Morgan fingerprint density at radius 3 is 1.52 bits per heavy atom. The largest absolute Gasteiger partial charge is 0.472 e. The second kappa shape index (κ2) is 37.0. The van der Waals surface area contributed by atoms with Crippen molar-refractivity contribution < 1.29 is 67.8 Å². The average molecular weight is 951 g/mol. The van der Waals surface area contributed by atoms with Crippen molar-refractivity contribution in [3.05, 3.63) is 85.1 Å². The van der Waals surface area contributed by atoms with Crippen LogP contribution in [0.3, 0.4) is 0 Å². The molecule has 66 heavy (non-hydrogen) atoms. The minimum absolute atomic E-state index is 0.00397. The van der Waals surface area contributed by atoms with Gasteiger partial charge < -0.3 is 44.6 Å². The predicted molar refractivity (Wildman–Crippen MR) is 257 cm³/mol. The maximum atomic E-state index is 12.9. The zero-order chi connectivity index (χ0) is 48.3. The monoisotopic (exact) mass is 951 g/mol. The molecule has 2 rings (SSSR count). The minimum atomic E-state index is -5.16. The molecule has 2 aliphatic rings. The molecule has 0 spiro atoms. The third kappa shape index (κ3) is 28.3. The highest BCUT2D eigenvalue weighted by atomic mass is 31.2. The van der Waals surface area contributed by atoms with E-state index in [0.29, 0.717) is 19.3 Å². The van der Waals surface area contributed by atoms with E-state index < -0.39 is 75.7 Å². The molecule has 6 N–H and O–H groups in total. The molecular formula is C51H83O14P. The molecule has 376 valence electrons. The molecule has 1 saturated heterocycles. The first-order valence-corrected chi connectivity index (χ1v) is 26.0. The summed E-state index contributed by atoms with van der Waals surface area (Å²) in [5.74, 6) is -1.22. The van der Waals surface area contributed by atoms with E-state index in [1.54, 1.807) is 0 Å². The Kier molecular flexibility index (Phi) is 33.1. The van der Waals surface area contributed by atoms with Gasteiger partial charge in [-0.25, -0.2) is 4.57 Å².